The highest BCUT2D eigenvalue weighted by molar-refractivity contribution is 5.91. The summed E-state index contributed by atoms with van der Waals surface area (Å²) in [4.78, 5) is 14.9. The Morgan fingerprint density at radius 2 is 1.92 bits per heavy atom. The van der Waals surface area contributed by atoms with Crippen molar-refractivity contribution in [2.75, 3.05) is 19.6 Å². The van der Waals surface area contributed by atoms with Gasteiger partial charge in [-0.1, -0.05) is 42.4 Å². The molecule has 2 aromatic rings. The second-order valence-electron chi connectivity index (χ2n) is 7.53. The highest BCUT2D eigenvalue weighted by Gasteiger charge is 2.22. The van der Waals surface area contributed by atoms with Crippen molar-refractivity contribution in [1.29, 1.82) is 0 Å². The van der Waals surface area contributed by atoms with Crippen molar-refractivity contribution >= 4 is 5.91 Å². The fourth-order valence-electron chi connectivity index (χ4n) is 3.51. The molecular weight excluding hydrogens is 326 g/mol. The van der Waals surface area contributed by atoms with E-state index in [4.69, 9.17) is 4.52 Å². The van der Waals surface area contributed by atoms with Crippen LogP contribution in [0.25, 0.3) is 0 Å². The molecule has 0 saturated carbocycles. The zero-order valence-electron chi connectivity index (χ0n) is 15.9. The van der Waals surface area contributed by atoms with Gasteiger partial charge in [0.2, 0.25) is 5.76 Å². The van der Waals surface area contributed by atoms with Crippen molar-refractivity contribution in [2.24, 2.45) is 5.92 Å². The van der Waals surface area contributed by atoms with Crippen LogP contribution in [0.4, 0.5) is 0 Å². The Balaban J connectivity index is 1.51. The number of hydrogen-bond donors (Lipinski definition) is 1. The lowest BCUT2D eigenvalue weighted by molar-refractivity contribution is 0.0893. The number of nitrogens with one attached hydrogen (secondary N) is 1. The lowest BCUT2D eigenvalue weighted by Gasteiger charge is -2.34. The van der Waals surface area contributed by atoms with Crippen LogP contribution in [-0.4, -0.2) is 41.6 Å². The van der Waals surface area contributed by atoms with Crippen molar-refractivity contribution in [3.63, 3.8) is 0 Å². The molecule has 0 bridgehead atoms. The Morgan fingerprint density at radius 3 is 2.58 bits per heavy atom. The molecule has 0 aliphatic carbocycles. The summed E-state index contributed by atoms with van der Waals surface area (Å²) >= 11 is 0. The van der Waals surface area contributed by atoms with Crippen LogP contribution >= 0.6 is 0 Å². The number of amides is 1. The lowest BCUT2D eigenvalue weighted by atomic mass is 9.96. The number of rotatable bonds is 6. The van der Waals surface area contributed by atoms with Crippen molar-refractivity contribution in [3.8, 4) is 0 Å². The SMILES string of the molecule is CC(C)N1CCC(CNC(=O)c2cc([C@H](C)c3ccccc3)no2)CC1. The normalized spacial score (nSPS) is 17.4. The molecule has 26 heavy (non-hydrogen) atoms. The number of carbonyl (C=O) groups is 1. The first-order chi connectivity index (χ1) is 12.5. The second-order valence-corrected chi connectivity index (χ2v) is 7.53. The molecule has 0 radical (unpaired) electrons. The van der Waals surface area contributed by atoms with E-state index in [1.165, 1.54) is 0 Å². The zero-order chi connectivity index (χ0) is 18.5. The number of benzene rings is 1. The van der Waals surface area contributed by atoms with Crippen molar-refractivity contribution in [1.82, 2.24) is 15.4 Å². The summed E-state index contributed by atoms with van der Waals surface area (Å²) < 4.78 is 5.29. The molecule has 1 aliphatic rings. The summed E-state index contributed by atoms with van der Waals surface area (Å²) in [7, 11) is 0. The standard InChI is InChI=1S/C21H29N3O2/c1-15(2)24-11-9-17(10-12-24)14-22-21(25)20-13-19(23-26-20)16(3)18-7-5-4-6-8-18/h4-8,13,15-17H,9-12,14H2,1-3H3,(H,22,25)/t16-/m1/s1. The van der Waals surface area contributed by atoms with E-state index in [2.05, 4.69) is 48.3 Å². The zero-order valence-corrected chi connectivity index (χ0v) is 15.9. The lowest BCUT2D eigenvalue weighted by Crippen LogP contribution is -2.41. The molecule has 2 heterocycles. The summed E-state index contributed by atoms with van der Waals surface area (Å²) in [5.41, 5.74) is 1.94. The molecular formula is C21H29N3O2. The van der Waals surface area contributed by atoms with E-state index in [0.29, 0.717) is 24.3 Å². The van der Waals surface area contributed by atoms with Gasteiger partial charge < -0.3 is 14.7 Å². The average Bonchev–Trinajstić information content (AvgIpc) is 3.17. The number of piperidine rings is 1. The minimum absolute atomic E-state index is 0.0989. The van der Waals surface area contributed by atoms with Crippen LogP contribution in [0.2, 0.25) is 0 Å². The Kier molecular flexibility index (Phi) is 6.09. The van der Waals surface area contributed by atoms with Gasteiger partial charge in [-0.3, -0.25) is 4.79 Å². The van der Waals surface area contributed by atoms with Gasteiger partial charge in [0, 0.05) is 24.6 Å². The third-order valence-corrected chi connectivity index (χ3v) is 5.43. The molecule has 1 aromatic carbocycles. The van der Waals surface area contributed by atoms with Gasteiger partial charge in [-0.05, 0) is 51.3 Å². The van der Waals surface area contributed by atoms with Crippen molar-refractivity contribution < 1.29 is 9.32 Å². The molecule has 1 amide bonds. The highest BCUT2D eigenvalue weighted by atomic mass is 16.5. The third kappa shape index (κ3) is 4.52. The Morgan fingerprint density at radius 1 is 1.23 bits per heavy atom. The first kappa shape index (κ1) is 18.6. The van der Waals surface area contributed by atoms with E-state index in [1.54, 1.807) is 6.07 Å². The maximum Gasteiger partial charge on any atom is 0.289 e. The van der Waals surface area contributed by atoms with Gasteiger partial charge in [-0.25, -0.2) is 0 Å². The van der Waals surface area contributed by atoms with E-state index in [-0.39, 0.29) is 11.8 Å². The summed E-state index contributed by atoms with van der Waals surface area (Å²) in [6, 6.07) is 12.5. The number of aromatic nitrogens is 1. The molecule has 1 aromatic heterocycles. The van der Waals surface area contributed by atoms with Gasteiger partial charge in [-0.15, -0.1) is 0 Å². The molecule has 1 saturated heterocycles. The second kappa shape index (κ2) is 8.49. The van der Waals surface area contributed by atoms with Crippen molar-refractivity contribution in [2.45, 2.75) is 45.6 Å². The summed E-state index contributed by atoms with van der Waals surface area (Å²) in [6.45, 7) is 9.46. The van der Waals surface area contributed by atoms with Gasteiger partial charge >= 0.3 is 0 Å². The fraction of sp³-hybridized carbons (Fsp3) is 0.524. The van der Waals surface area contributed by atoms with Gasteiger partial charge in [0.1, 0.15) is 0 Å². The van der Waals surface area contributed by atoms with Crippen LogP contribution in [0.5, 0.6) is 0 Å². The van der Waals surface area contributed by atoms with E-state index in [1.807, 2.05) is 18.2 Å². The molecule has 5 heteroatoms. The monoisotopic (exact) mass is 355 g/mol. The molecule has 1 aliphatic heterocycles. The number of hydrogen-bond acceptors (Lipinski definition) is 4. The first-order valence-corrected chi connectivity index (χ1v) is 9.58. The average molecular weight is 355 g/mol. The van der Waals surface area contributed by atoms with Crippen molar-refractivity contribution in [3.05, 3.63) is 53.4 Å². The predicted octanol–water partition coefficient (Wildman–Crippen LogP) is 3.68. The fourth-order valence-corrected chi connectivity index (χ4v) is 3.51. The van der Waals surface area contributed by atoms with E-state index < -0.39 is 0 Å². The largest absolute Gasteiger partial charge is 0.351 e. The van der Waals surface area contributed by atoms with E-state index >= 15 is 0 Å². The minimum Gasteiger partial charge on any atom is -0.351 e. The maximum atomic E-state index is 12.4. The van der Waals surface area contributed by atoms with Crippen LogP contribution in [-0.2, 0) is 0 Å². The maximum absolute atomic E-state index is 12.4. The van der Waals surface area contributed by atoms with Crippen LogP contribution in [0.15, 0.2) is 40.9 Å². The van der Waals surface area contributed by atoms with Gasteiger partial charge in [0.05, 0.1) is 5.69 Å². The third-order valence-electron chi connectivity index (χ3n) is 5.43. The highest BCUT2D eigenvalue weighted by Crippen LogP contribution is 2.23. The van der Waals surface area contributed by atoms with E-state index in [0.717, 1.165) is 37.2 Å². The topological polar surface area (TPSA) is 58.4 Å². The first-order valence-electron chi connectivity index (χ1n) is 9.58. The number of likely N-dealkylation sites (tertiary alicyclic amines) is 1. The molecule has 0 spiro atoms. The van der Waals surface area contributed by atoms with Crippen LogP contribution in [0.3, 0.4) is 0 Å². The van der Waals surface area contributed by atoms with E-state index in [9.17, 15) is 4.79 Å². The molecule has 140 valence electrons. The molecule has 3 rings (SSSR count). The van der Waals surface area contributed by atoms with Gasteiger partial charge in [-0.2, -0.15) is 0 Å². The molecule has 1 fully saturated rings. The number of nitrogens with zero attached hydrogens (tertiary/aromatic N) is 2. The Hall–Kier alpha value is -2.14. The summed E-state index contributed by atoms with van der Waals surface area (Å²) in [5, 5.41) is 7.11. The van der Waals surface area contributed by atoms with Crippen LogP contribution in [0.1, 0.15) is 61.3 Å². The summed E-state index contributed by atoms with van der Waals surface area (Å²) in [5.74, 6) is 0.763. The smallest absolute Gasteiger partial charge is 0.289 e. The number of carbonyl (C=O) groups excluding carboxylic acids is 1. The molecule has 1 N–H and O–H groups in total. The van der Waals surface area contributed by atoms with Gasteiger partial charge in [0.25, 0.3) is 5.91 Å². The Labute approximate surface area is 155 Å². The van der Waals surface area contributed by atoms with Crippen LogP contribution < -0.4 is 5.32 Å². The molecule has 1 atom stereocenters. The summed E-state index contributed by atoms with van der Waals surface area (Å²) in [6.07, 6.45) is 2.26. The molecule has 0 unspecified atom stereocenters. The quantitative estimate of drug-likeness (QED) is 0.859. The molecule has 5 nitrogen and oxygen atoms in total. The Bertz CT molecular complexity index is 703. The minimum atomic E-state index is -0.171. The predicted molar refractivity (Wildman–Crippen MR) is 102 cm³/mol. The van der Waals surface area contributed by atoms with Gasteiger partial charge in [0.15, 0.2) is 0 Å². The van der Waals surface area contributed by atoms with Crippen LogP contribution in [0, 0.1) is 5.92 Å².